The van der Waals surface area contributed by atoms with Gasteiger partial charge in [-0.15, -0.1) is 0 Å². The van der Waals surface area contributed by atoms with Crippen molar-refractivity contribution >= 4 is 50.5 Å². The molecule has 0 spiro atoms. The lowest BCUT2D eigenvalue weighted by atomic mass is 10.2. The van der Waals surface area contributed by atoms with Crippen molar-refractivity contribution in [3.63, 3.8) is 0 Å². The highest BCUT2D eigenvalue weighted by atomic mass is 35.5. The number of hydrogen-bond donors (Lipinski definition) is 1. The first-order valence-corrected chi connectivity index (χ1v) is 10.9. The number of hydrogen-bond acceptors (Lipinski definition) is 4. The molecule has 0 aromatic heterocycles. The van der Waals surface area contributed by atoms with E-state index in [-0.39, 0.29) is 21.4 Å². The van der Waals surface area contributed by atoms with Crippen LogP contribution in [0.15, 0.2) is 36.4 Å². The fourth-order valence-corrected chi connectivity index (χ4v) is 4.22. The van der Waals surface area contributed by atoms with E-state index in [1.807, 2.05) is 0 Å². The van der Waals surface area contributed by atoms with Gasteiger partial charge in [0.15, 0.2) is 0 Å². The molecule has 0 heterocycles. The Hall–Kier alpha value is -2.17. The first kappa shape index (κ1) is 24.1. The fourth-order valence-electron chi connectivity index (χ4n) is 2.64. The van der Waals surface area contributed by atoms with E-state index in [2.05, 4.69) is 5.32 Å². The number of benzene rings is 2. The summed E-state index contributed by atoms with van der Waals surface area (Å²) in [6.45, 7) is 1.27. The third kappa shape index (κ3) is 5.50. The van der Waals surface area contributed by atoms with Crippen molar-refractivity contribution in [2.45, 2.75) is 19.1 Å². The van der Waals surface area contributed by atoms with E-state index >= 15 is 0 Å². The molecule has 2 aromatic rings. The number of sulfonamides is 1. The summed E-state index contributed by atoms with van der Waals surface area (Å²) in [5.41, 5.74) is -1.25. The molecule has 30 heavy (non-hydrogen) atoms. The zero-order valence-corrected chi connectivity index (χ0v) is 18.2. The summed E-state index contributed by atoms with van der Waals surface area (Å²) >= 11 is 11.9. The van der Waals surface area contributed by atoms with Crippen LogP contribution >= 0.6 is 23.2 Å². The molecule has 0 aliphatic heterocycles. The van der Waals surface area contributed by atoms with E-state index in [0.29, 0.717) is 11.8 Å². The zero-order chi connectivity index (χ0) is 22.9. The number of nitrogens with zero attached hydrogens (tertiary/aromatic N) is 1. The van der Waals surface area contributed by atoms with Crippen LogP contribution in [-0.4, -0.2) is 33.7 Å². The maximum atomic E-state index is 12.9. The number of carbonyl (C=O) groups excluding carboxylic acids is 1. The van der Waals surface area contributed by atoms with Gasteiger partial charge in [-0.2, -0.15) is 13.2 Å². The lowest BCUT2D eigenvalue weighted by Crippen LogP contribution is -2.45. The second-order valence-corrected chi connectivity index (χ2v) is 8.91. The van der Waals surface area contributed by atoms with Crippen LogP contribution in [0.1, 0.15) is 12.5 Å². The maximum absolute atomic E-state index is 12.9. The van der Waals surface area contributed by atoms with Gasteiger partial charge in [-0.25, -0.2) is 8.42 Å². The van der Waals surface area contributed by atoms with E-state index in [1.165, 1.54) is 32.2 Å². The Morgan fingerprint density at radius 2 is 1.77 bits per heavy atom. The van der Waals surface area contributed by atoms with Crippen LogP contribution in [0.4, 0.5) is 24.5 Å². The molecular formula is C18H17Cl2F3N2O4S. The van der Waals surface area contributed by atoms with Crippen LogP contribution in [-0.2, 0) is 21.0 Å². The largest absolute Gasteiger partial charge is 0.495 e. The molecule has 0 saturated carbocycles. The molecular weight excluding hydrogens is 468 g/mol. The standard InChI is InChI=1S/C18H17Cl2F3N2O4S/c1-10(17(26)24-15-8-11(18(21,22)23)4-6-13(15)19)25(30(3,27)28)12-5-7-16(29-2)14(20)9-12/h4-10H,1-3H3,(H,24,26)/t10-/m1/s1. The molecule has 0 aliphatic rings. The van der Waals surface area contributed by atoms with Gasteiger partial charge in [0.25, 0.3) is 0 Å². The minimum atomic E-state index is -4.64. The first-order chi connectivity index (χ1) is 13.8. The van der Waals surface area contributed by atoms with Crippen LogP contribution in [0.2, 0.25) is 10.0 Å². The summed E-state index contributed by atoms with van der Waals surface area (Å²) in [5, 5.41) is 2.22. The van der Waals surface area contributed by atoms with Crippen LogP contribution < -0.4 is 14.4 Å². The molecule has 0 radical (unpaired) electrons. The highest BCUT2D eigenvalue weighted by molar-refractivity contribution is 7.92. The SMILES string of the molecule is COc1ccc(N([C@H](C)C(=O)Nc2cc(C(F)(F)F)ccc2Cl)S(C)(=O)=O)cc1Cl. The molecule has 1 amide bonds. The van der Waals surface area contributed by atoms with E-state index < -0.39 is 33.7 Å². The van der Waals surface area contributed by atoms with Crippen LogP contribution in [0.5, 0.6) is 5.75 Å². The van der Waals surface area contributed by atoms with Crippen molar-refractivity contribution in [1.29, 1.82) is 0 Å². The number of methoxy groups -OCH3 is 1. The Morgan fingerprint density at radius 1 is 1.13 bits per heavy atom. The van der Waals surface area contributed by atoms with Gasteiger partial charge in [0, 0.05) is 0 Å². The molecule has 0 unspecified atom stereocenters. The lowest BCUT2D eigenvalue weighted by Gasteiger charge is -2.28. The quantitative estimate of drug-likeness (QED) is 0.637. The Balaban J connectivity index is 2.39. The Morgan fingerprint density at radius 3 is 2.27 bits per heavy atom. The van der Waals surface area contributed by atoms with Gasteiger partial charge >= 0.3 is 6.18 Å². The van der Waals surface area contributed by atoms with E-state index in [4.69, 9.17) is 27.9 Å². The Labute approximate surface area is 181 Å². The molecule has 1 atom stereocenters. The third-order valence-electron chi connectivity index (χ3n) is 4.03. The topological polar surface area (TPSA) is 75.7 Å². The fraction of sp³-hybridized carbons (Fsp3) is 0.278. The van der Waals surface area contributed by atoms with Gasteiger partial charge in [-0.1, -0.05) is 23.2 Å². The number of rotatable bonds is 6. The number of nitrogens with one attached hydrogen (secondary N) is 1. The van der Waals surface area contributed by atoms with Crippen LogP contribution in [0.3, 0.4) is 0 Å². The number of carbonyl (C=O) groups is 1. The second kappa shape index (κ2) is 8.91. The average molecular weight is 485 g/mol. The second-order valence-electron chi connectivity index (χ2n) is 6.24. The predicted octanol–water partition coefficient (Wildman–Crippen LogP) is 4.81. The van der Waals surface area contributed by atoms with Crippen LogP contribution in [0, 0.1) is 0 Å². The summed E-state index contributed by atoms with van der Waals surface area (Å²) in [6, 6.07) is 5.18. The van der Waals surface area contributed by atoms with Gasteiger partial charge in [0.1, 0.15) is 11.8 Å². The van der Waals surface area contributed by atoms with Crippen molar-refractivity contribution in [1.82, 2.24) is 0 Å². The Kier molecular flexibility index (Phi) is 7.16. The minimum absolute atomic E-state index is 0.0705. The molecule has 0 fully saturated rings. The maximum Gasteiger partial charge on any atom is 0.416 e. The van der Waals surface area contributed by atoms with Gasteiger partial charge in [-0.3, -0.25) is 9.10 Å². The molecule has 0 bridgehead atoms. The predicted molar refractivity (Wildman–Crippen MR) is 110 cm³/mol. The molecule has 2 rings (SSSR count). The summed E-state index contributed by atoms with van der Waals surface area (Å²) in [5.74, 6) is -0.602. The van der Waals surface area contributed by atoms with Gasteiger partial charge in [0.05, 0.1) is 40.3 Å². The molecule has 12 heteroatoms. The van der Waals surface area contributed by atoms with E-state index in [0.717, 1.165) is 22.7 Å². The monoisotopic (exact) mass is 484 g/mol. The van der Waals surface area contributed by atoms with Crippen molar-refractivity contribution in [2.75, 3.05) is 23.0 Å². The third-order valence-corrected chi connectivity index (χ3v) is 5.90. The summed E-state index contributed by atoms with van der Waals surface area (Å²) in [7, 11) is -2.59. The average Bonchev–Trinajstić information content (AvgIpc) is 2.61. The molecule has 6 nitrogen and oxygen atoms in total. The van der Waals surface area contributed by atoms with Gasteiger partial charge < -0.3 is 10.1 Å². The molecule has 0 saturated heterocycles. The zero-order valence-electron chi connectivity index (χ0n) is 15.9. The molecule has 164 valence electrons. The summed E-state index contributed by atoms with van der Waals surface area (Å²) < 4.78 is 69.3. The van der Waals surface area contributed by atoms with Crippen LogP contribution in [0.25, 0.3) is 0 Å². The summed E-state index contributed by atoms with van der Waals surface area (Å²) in [6.07, 6.45) is -3.76. The Bertz CT molecular complexity index is 1060. The van der Waals surface area contributed by atoms with E-state index in [1.54, 1.807) is 0 Å². The first-order valence-electron chi connectivity index (χ1n) is 8.26. The van der Waals surface area contributed by atoms with Gasteiger partial charge in [0.2, 0.25) is 15.9 Å². The normalized spacial score (nSPS) is 12.9. The lowest BCUT2D eigenvalue weighted by molar-refractivity contribution is -0.137. The smallest absolute Gasteiger partial charge is 0.416 e. The number of ether oxygens (including phenoxy) is 1. The van der Waals surface area contributed by atoms with Crippen molar-refractivity contribution in [2.24, 2.45) is 0 Å². The van der Waals surface area contributed by atoms with E-state index in [9.17, 15) is 26.4 Å². The van der Waals surface area contributed by atoms with Crippen molar-refractivity contribution in [3.05, 3.63) is 52.0 Å². The number of anilines is 2. The van der Waals surface area contributed by atoms with Gasteiger partial charge in [-0.05, 0) is 43.3 Å². The number of alkyl halides is 3. The number of amides is 1. The molecule has 2 aromatic carbocycles. The van der Waals surface area contributed by atoms with Crippen molar-refractivity contribution < 1.29 is 31.1 Å². The van der Waals surface area contributed by atoms with Crippen molar-refractivity contribution in [3.8, 4) is 5.75 Å². The highest BCUT2D eigenvalue weighted by Crippen LogP contribution is 2.35. The number of halogens is 5. The minimum Gasteiger partial charge on any atom is -0.495 e. The highest BCUT2D eigenvalue weighted by Gasteiger charge is 2.33. The summed E-state index contributed by atoms with van der Waals surface area (Å²) in [4.78, 5) is 12.7. The molecule has 0 aliphatic carbocycles. The molecule has 1 N–H and O–H groups in total.